The van der Waals surface area contributed by atoms with Crippen LogP contribution in [-0.2, 0) is 20.9 Å². The first-order valence-electron chi connectivity index (χ1n) is 9.48. The number of benzene rings is 2. The maximum Gasteiger partial charge on any atom is 0.311 e. The standard InChI is InChI=1S/C22H22ClN3O3S/c1-2-29-22(28)12-17-11-21(26-19-6-4-3-5-18(19)25-17)30-14-20(27)24-13-15-7-9-16(23)10-8-15/h3-11,25H,2,12-14H2,1H3,(H,24,27). The highest BCUT2D eigenvalue weighted by Crippen LogP contribution is 2.31. The first-order chi connectivity index (χ1) is 14.5. The number of nitrogens with one attached hydrogen (secondary N) is 2. The van der Waals surface area contributed by atoms with Gasteiger partial charge in [-0.05, 0) is 42.8 Å². The normalized spacial score (nSPS) is 12.6. The molecule has 0 radical (unpaired) electrons. The molecule has 0 atom stereocenters. The predicted molar refractivity (Wildman–Crippen MR) is 122 cm³/mol. The lowest BCUT2D eigenvalue weighted by Gasteiger charge is -2.10. The number of aliphatic imine (C=N–C) groups is 1. The Balaban J connectivity index is 1.64. The topological polar surface area (TPSA) is 79.8 Å². The van der Waals surface area contributed by atoms with Gasteiger partial charge >= 0.3 is 5.97 Å². The van der Waals surface area contributed by atoms with Crippen LogP contribution in [-0.4, -0.2) is 29.3 Å². The lowest BCUT2D eigenvalue weighted by atomic mass is 10.2. The summed E-state index contributed by atoms with van der Waals surface area (Å²) < 4.78 is 5.05. The summed E-state index contributed by atoms with van der Waals surface area (Å²) in [6.45, 7) is 2.52. The third-order valence-electron chi connectivity index (χ3n) is 4.12. The molecule has 0 saturated heterocycles. The van der Waals surface area contributed by atoms with Crippen LogP contribution in [0.5, 0.6) is 0 Å². The molecule has 8 heteroatoms. The summed E-state index contributed by atoms with van der Waals surface area (Å²) in [7, 11) is 0. The van der Waals surface area contributed by atoms with Crippen molar-refractivity contribution >= 4 is 51.7 Å². The van der Waals surface area contributed by atoms with Crippen LogP contribution in [0.1, 0.15) is 18.9 Å². The number of halogens is 1. The number of rotatable bonds is 7. The summed E-state index contributed by atoms with van der Waals surface area (Å²) in [5.74, 6) is -0.221. The van der Waals surface area contributed by atoms with Crippen molar-refractivity contribution < 1.29 is 14.3 Å². The van der Waals surface area contributed by atoms with Gasteiger partial charge in [0.15, 0.2) is 0 Å². The van der Waals surface area contributed by atoms with Gasteiger partial charge in [-0.2, -0.15) is 0 Å². The lowest BCUT2D eigenvalue weighted by molar-refractivity contribution is -0.142. The molecule has 0 aromatic heterocycles. The zero-order valence-corrected chi connectivity index (χ0v) is 18.1. The summed E-state index contributed by atoms with van der Waals surface area (Å²) >= 11 is 7.19. The second-order valence-electron chi connectivity index (χ2n) is 6.44. The molecule has 2 aromatic rings. The maximum absolute atomic E-state index is 12.3. The Morgan fingerprint density at radius 3 is 2.70 bits per heavy atom. The lowest BCUT2D eigenvalue weighted by Crippen LogP contribution is -2.25. The first-order valence-corrected chi connectivity index (χ1v) is 10.8. The SMILES string of the molecule is CCOC(=O)CC1=CC(SCC(=O)NCc2ccc(Cl)cc2)=Nc2ccccc2N1. The molecular weight excluding hydrogens is 422 g/mol. The van der Waals surface area contributed by atoms with Crippen LogP contribution in [0.25, 0.3) is 0 Å². The fourth-order valence-electron chi connectivity index (χ4n) is 2.72. The number of para-hydroxylation sites is 2. The third kappa shape index (κ3) is 6.64. The van der Waals surface area contributed by atoms with Gasteiger partial charge in [0.2, 0.25) is 5.91 Å². The van der Waals surface area contributed by atoms with Crippen LogP contribution in [0.4, 0.5) is 11.4 Å². The molecule has 1 amide bonds. The number of nitrogens with zero attached hydrogens (tertiary/aromatic N) is 1. The Morgan fingerprint density at radius 2 is 1.93 bits per heavy atom. The molecule has 0 unspecified atom stereocenters. The van der Waals surface area contributed by atoms with Gasteiger partial charge in [0, 0.05) is 17.3 Å². The van der Waals surface area contributed by atoms with Crippen molar-refractivity contribution in [2.24, 2.45) is 4.99 Å². The number of hydrogen-bond acceptors (Lipinski definition) is 6. The maximum atomic E-state index is 12.3. The van der Waals surface area contributed by atoms with Crippen LogP contribution < -0.4 is 10.6 Å². The van der Waals surface area contributed by atoms with Gasteiger partial charge in [-0.1, -0.05) is 47.6 Å². The number of carbonyl (C=O) groups is 2. The van der Waals surface area contributed by atoms with Crippen molar-refractivity contribution in [3.05, 3.63) is 70.9 Å². The minimum absolute atomic E-state index is 0.102. The average Bonchev–Trinajstić information content (AvgIpc) is 2.90. The molecule has 0 bridgehead atoms. The molecule has 2 aromatic carbocycles. The van der Waals surface area contributed by atoms with Crippen molar-refractivity contribution in [3.63, 3.8) is 0 Å². The van der Waals surface area contributed by atoms with E-state index in [0.29, 0.717) is 28.9 Å². The number of amides is 1. The minimum atomic E-state index is -0.319. The second-order valence-corrected chi connectivity index (χ2v) is 7.87. The molecule has 1 heterocycles. The fraction of sp³-hybridized carbons (Fsp3) is 0.227. The number of anilines is 1. The van der Waals surface area contributed by atoms with E-state index < -0.39 is 0 Å². The molecule has 0 fully saturated rings. The average molecular weight is 444 g/mol. The molecule has 2 N–H and O–H groups in total. The Bertz CT molecular complexity index is 974. The number of thioether (sulfide) groups is 1. The van der Waals surface area contributed by atoms with Crippen LogP contribution in [0.3, 0.4) is 0 Å². The molecule has 0 spiro atoms. The molecule has 3 rings (SSSR count). The highest BCUT2D eigenvalue weighted by Gasteiger charge is 2.15. The van der Waals surface area contributed by atoms with Crippen LogP contribution >= 0.6 is 23.4 Å². The Morgan fingerprint density at radius 1 is 1.17 bits per heavy atom. The highest BCUT2D eigenvalue weighted by molar-refractivity contribution is 8.14. The van der Waals surface area contributed by atoms with Gasteiger partial charge in [-0.3, -0.25) is 9.59 Å². The van der Waals surface area contributed by atoms with E-state index in [4.69, 9.17) is 16.3 Å². The van der Waals surface area contributed by atoms with Crippen molar-refractivity contribution in [3.8, 4) is 0 Å². The van der Waals surface area contributed by atoms with Crippen LogP contribution in [0.2, 0.25) is 5.02 Å². The Kier molecular flexibility index (Phi) is 7.93. The van der Waals surface area contributed by atoms with E-state index in [9.17, 15) is 9.59 Å². The number of ether oxygens (including phenoxy) is 1. The zero-order valence-electron chi connectivity index (χ0n) is 16.5. The smallest absolute Gasteiger partial charge is 0.311 e. The largest absolute Gasteiger partial charge is 0.466 e. The number of fused-ring (bicyclic) bond motifs is 1. The number of hydrogen-bond donors (Lipinski definition) is 2. The fourth-order valence-corrected chi connectivity index (χ4v) is 3.61. The van der Waals surface area contributed by atoms with Crippen LogP contribution in [0.15, 0.2) is 65.3 Å². The summed E-state index contributed by atoms with van der Waals surface area (Å²) in [5.41, 5.74) is 3.19. The van der Waals surface area contributed by atoms with E-state index in [2.05, 4.69) is 15.6 Å². The number of esters is 1. The summed E-state index contributed by atoms with van der Waals surface area (Å²) in [4.78, 5) is 28.8. The molecule has 1 aliphatic rings. The zero-order chi connectivity index (χ0) is 21.3. The molecule has 156 valence electrons. The summed E-state index contributed by atoms with van der Waals surface area (Å²) in [6, 6.07) is 14.9. The third-order valence-corrected chi connectivity index (χ3v) is 5.29. The predicted octanol–water partition coefficient (Wildman–Crippen LogP) is 4.68. The van der Waals surface area contributed by atoms with Crippen molar-refractivity contribution in [2.45, 2.75) is 19.9 Å². The van der Waals surface area contributed by atoms with E-state index in [0.717, 1.165) is 16.9 Å². The van der Waals surface area contributed by atoms with E-state index in [1.54, 1.807) is 25.1 Å². The van der Waals surface area contributed by atoms with Crippen molar-refractivity contribution in [1.29, 1.82) is 0 Å². The highest BCUT2D eigenvalue weighted by atomic mass is 35.5. The van der Waals surface area contributed by atoms with E-state index in [1.165, 1.54) is 11.8 Å². The van der Waals surface area contributed by atoms with Crippen LogP contribution in [0, 0.1) is 0 Å². The van der Waals surface area contributed by atoms with Gasteiger partial charge in [0.1, 0.15) is 0 Å². The first kappa shape index (κ1) is 21.9. The Labute approximate surface area is 184 Å². The molecule has 0 aliphatic carbocycles. The summed E-state index contributed by atoms with van der Waals surface area (Å²) in [5, 5.41) is 7.43. The van der Waals surface area contributed by atoms with Gasteiger partial charge < -0.3 is 15.4 Å². The van der Waals surface area contributed by atoms with E-state index in [1.807, 2.05) is 36.4 Å². The monoisotopic (exact) mass is 443 g/mol. The molecule has 1 aliphatic heterocycles. The second kappa shape index (κ2) is 10.8. The van der Waals surface area contributed by atoms with E-state index >= 15 is 0 Å². The van der Waals surface area contributed by atoms with Gasteiger partial charge in [-0.15, -0.1) is 0 Å². The van der Waals surface area contributed by atoms with Crippen molar-refractivity contribution in [2.75, 3.05) is 17.7 Å². The van der Waals surface area contributed by atoms with Crippen molar-refractivity contribution in [1.82, 2.24) is 5.32 Å². The minimum Gasteiger partial charge on any atom is -0.466 e. The summed E-state index contributed by atoms with van der Waals surface area (Å²) in [6.07, 6.45) is 1.89. The quantitative estimate of drug-likeness (QED) is 0.607. The number of carbonyl (C=O) groups excluding carboxylic acids is 2. The molecule has 6 nitrogen and oxygen atoms in total. The van der Waals surface area contributed by atoms with Gasteiger partial charge in [-0.25, -0.2) is 4.99 Å². The molecule has 0 saturated carbocycles. The Hall–Kier alpha value is -2.77. The van der Waals surface area contributed by atoms with Gasteiger partial charge in [0.25, 0.3) is 0 Å². The van der Waals surface area contributed by atoms with Gasteiger partial charge in [0.05, 0.1) is 35.2 Å². The molecular formula is C22H22ClN3O3S. The molecule has 30 heavy (non-hydrogen) atoms. The van der Waals surface area contributed by atoms with E-state index in [-0.39, 0.29) is 24.1 Å².